The van der Waals surface area contributed by atoms with Gasteiger partial charge < -0.3 is 15.5 Å². The lowest BCUT2D eigenvalue weighted by atomic mass is 10.1. The van der Waals surface area contributed by atoms with Gasteiger partial charge in [0, 0.05) is 45.0 Å². The Morgan fingerprint density at radius 1 is 1.33 bits per heavy atom. The van der Waals surface area contributed by atoms with Crippen LogP contribution in [0.2, 0.25) is 0 Å². The van der Waals surface area contributed by atoms with Crippen molar-refractivity contribution in [3.63, 3.8) is 0 Å². The van der Waals surface area contributed by atoms with Crippen LogP contribution in [0.1, 0.15) is 30.6 Å². The summed E-state index contributed by atoms with van der Waals surface area (Å²) in [5, 5.41) is 5.50. The maximum atomic E-state index is 12.1. The molecular formula is C17H24N4O3. The molecule has 3 amide bonds. The molecule has 1 atom stereocenters. The Morgan fingerprint density at radius 3 is 2.75 bits per heavy atom. The zero-order valence-corrected chi connectivity index (χ0v) is 14.1. The van der Waals surface area contributed by atoms with Crippen LogP contribution >= 0.6 is 0 Å². The van der Waals surface area contributed by atoms with E-state index in [-0.39, 0.29) is 30.1 Å². The molecule has 2 N–H and O–H groups in total. The van der Waals surface area contributed by atoms with Gasteiger partial charge in [0.15, 0.2) is 0 Å². The second kappa shape index (κ2) is 8.42. The molecule has 1 aliphatic rings. The van der Waals surface area contributed by atoms with Gasteiger partial charge in [0.2, 0.25) is 11.8 Å². The van der Waals surface area contributed by atoms with Crippen molar-refractivity contribution in [1.29, 1.82) is 0 Å². The molecule has 2 rings (SSSR count). The molecule has 1 aliphatic heterocycles. The summed E-state index contributed by atoms with van der Waals surface area (Å²) in [6.45, 7) is 5.92. The number of pyridine rings is 1. The molecule has 0 aromatic carbocycles. The number of carbonyl (C=O) groups excluding carboxylic acids is 3. The summed E-state index contributed by atoms with van der Waals surface area (Å²) < 4.78 is 0. The zero-order valence-electron chi connectivity index (χ0n) is 14.1. The Balaban J connectivity index is 1.68. The fourth-order valence-electron chi connectivity index (χ4n) is 2.67. The van der Waals surface area contributed by atoms with Crippen LogP contribution < -0.4 is 10.6 Å². The Kier molecular flexibility index (Phi) is 6.28. The summed E-state index contributed by atoms with van der Waals surface area (Å²) in [4.78, 5) is 41.5. The van der Waals surface area contributed by atoms with E-state index in [0.29, 0.717) is 37.7 Å². The summed E-state index contributed by atoms with van der Waals surface area (Å²) >= 11 is 0. The van der Waals surface area contributed by atoms with Crippen molar-refractivity contribution in [3.05, 3.63) is 30.1 Å². The molecule has 130 valence electrons. The quantitative estimate of drug-likeness (QED) is 0.709. The maximum Gasteiger partial charge on any atom is 0.252 e. The average molecular weight is 332 g/mol. The monoisotopic (exact) mass is 332 g/mol. The fraction of sp³-hybridized carbons (Fsp3) is 0.529. The van der Waals surface area contributed by atoms with Gasteiger partial charge in [0.05, 0.1) is 11.5 Å². The summed E-state index contributed by atoms with van der Waals surface area (Å²) in [7, 11) is 0. The van der Waals surface area contributed by atoms with Crippen LogP contribution in [-0.4, -0.2) is 53.8 Å². The molecule has 1 unspecified atom stereocenters. The van der Waals surface area contributed by atoms with E-state index in [1.54, 1.807) is 23.2 Å². The van der Waals surface area contributed by atoms with Crippen LogP contribution in [0.3, 0.4) is 0 Å². The predicted octanol–water partition coefficient (Wildman–Crippen LogP) is 0.432. The van der Waals surface area contributed by atoms with E-state index in [1.165, 1.54) is 6.20 Å². The van der Waals surface area contributed by atoms with Crippen LogP contribution in [0.5, 0.6) is 0 Å². The number of carbonyl (C=O) groups is 3. The smallest absolute Gasteiger partial charge is 0.252 e. The van der Waals surface area contributed by atoms with Crippen molar-refractivity contribution in [2.75, 3.05) is 26.2 Å². The number of rotatable bonds is 7. The Morgan fingerprint density at radius 2 is 2.08 bits per heavy atom. The molecule has 0 spiro atoms. The summed E-state index contributed by atoms with van der Waals surface area (Å²) in [6.07, 6.45) is 3.35. The first kappa shape index (κ1) is 17.9. The lowest BCUT2D eigenvalue weighted by Gasteiger charge is -2.18. The third kappa shape index (κ3) is 5.04. The van der Waals surface area contributed by atoms with E-state index in [2.05, 4.69) is 15.6 Å². The van der Waals surface area contributed by atoms with Gasteiger partial charge >= 0.3 is 0 Å². The number of hydrogen-bond acceptors (Lipinski definition) is 4. The minimum atomic E-state index is -0.301. The molecule has 7 heteroatoms. The number of nitrogens with one attached hydrogen (secondary N) is 2. The molecule has 0 radical (unpaired) electrons. The van der Waals surface area contributed by atoms with E-state index in [9.17, 15) is 14.4 Å². The Hall–Kier alpha value is -2.44. The van der Waals surface area contributed by atoms with Crippen LogP contribution in [-0.2, 0) is 9.59 Å². The van der Waals surface area contributed by atoms with Crippen molar-refractivity contribution in [2.45, 2.75) is 20.3 Å². The van der Waals surface area contributed by atoms with Crippen molar-refractivity contribution in [2.24, 2.45) is 11.8 Å². The molecule has 0 aliphatic carbocycles. The first-order valence-corrected chi connectivity index (χ1v) is 8.21. The molecular weight excluding hydrogens is 308 g/mol. The fourth-order valence-corrected chi connectivity index (χ4v) is 2.67. The average Bonchev–Trinajstić information content (AvgIpc) is 2.92. The molecule has 1 fully saturated rings. The van der Waals surface area contributed by atoms with Crippen molar-refractivity contribution < 1.29 is 14.4 Å². The second-order valence-electron chi connectivity index (χ2n) is 6.38. The molecule has 1 aromatic heterocycles. The number of amides is 3. The highest BCUT2D eigenvalue weighted by Crippen LogP contribution is 2.18. The molecule has 2 heterocycles. The van der Waals surface area contributed by atoms with Gasteiger partial charge in [0.1, 0.15) is 0 Å². The highest BCUT2D eigenvalue weighted by molar-refractivity contribution is 5.93. The minimum absolute atomic E-state index is 0.0359. The number of aromatic nitrogens is 1. The SMILES string of the molecule is CC(C)CN1CC(C(=O)NCCNC(=O)c2cccnc2)CC1=O. The lowest BCUT2D eigenvalue weighted by Crippen LogP contribution is -2.38. The van der Waals surface area contributed by atoms with Gasteiger partial charge in [0.25, 0.3) is 5.91 Å². The normalized spacial score (nSPS) is 17.2. The summed E-state index contributed by atoms with van der Waals surface area (Å²) in [5.41, 5.74) is 0.481. The van der Waals surface area contributed by atoms with E-state index in [0.717, 1.165) is 0 Å². The highest BCUT2D eigenvalue weighted by Gasteiger charge is 2.34. The van der Waals surface area contributed by atoms with E-state index >= 15 is 0 Å². The molecule has 1 saturated heterocycles. The standard InChI is InChI=1S/C17H24N4O3/c1-12(2)10-21-11-14(8-15(21)22)17(24)20-7-6-19-16(23)13-4-3-5-18-9-13/h3-5,9,12,14H,6-8,10-11H2,1-2H3,(H,19,23)(H,20,24). The van der Waals surface area contributed by atoms with Crippen LogP contribution in [0.25, 0.3) is 0 Å². The lowest BCUT2D eigenvalue weighted by molar-refractivity contribution is -0.129. The Bertz CT molecular complexity index is 589. The van der Waals surface area contributed by atoms with Crippen LogP contribution in [0.4, 0.5) is 0 Å². The van der Waals surface area contributed by atoms with Crippen LogP contribution in [0.15, 0.2) is 24.5 Å². The van der Waals surface area contributed by atoms with E-state index in [4.69, 9.17) is 0 Å². The third-order valence-corrected chi connectivity index (χ3v) is 3.80. The number of likely N-dealkylation sites (tertiary alicyclic amines) is 1. The molecule has 0 bridgehead atoms. The van der Waals surface area contributed by atoms with Gasteiger partial charge in [-0.1, -0.05) is 13.8 Å². The first-order valence-electron chi connectivity index (χ1n) is 8.21. The first-order chi connectivity index (χ1) is 11.5. The number of hydrogen-bond donors (Lipinski definition) is 2. The van der Waals surface area contributed by atoms with Gasteiger partial charge in [-0.05, 0) is 18.1 Å². The molecule has 24 heavy (non-hydrogen) atoms. The largest absolute Gasteiger partial charge is 0.354 e. The summed E-state index contributed by atoms with van der Waals surface area (Å²) in [6, 6.07) is 3.37. The molecule has 0 saturated carbocycles. The summed E-state index contributed by atoms with van der Waals surface area (Å²) in [5.74, 6) is -0.237. The third-order valence-electron chi connectivity index (χ3n) is 3.80. The van der Waals surface area contributed by atoms with Gasteiger partial charge in [-0.25, -0.2) is 0 Å². The van der Waals surface area contributed by atoms with Crippen molar-refractivity contribution >= 4 is 17.7 Å². The van der Waals surface area contributed by atoms with Crippen molar-refractivity contribution in [1.82, 2.24) is 20.5 Å². The zero-order chi connectivity index (χ0) is 17.5. The van der Waals surface area contributed by atoms with Gasteiger partial charge in [-0.15, -0.1) is 0 Å². The van der Waals surface area contributed by atoms with E-state index < -0.39 is 0 Å². The topological polar surface area (TPSA) is 91.4 Å². The maximum absolute atomic E-state index is 12.1. The Labute approximate surface area is 141 Å². The second-order valence-corrected chi connectivity index (χ2v) is 6.38. The van der Waals surface area contributed by atoms with Gasteiger partial charge in [-0.2, -0.15) is 0 Å². The van der Waals surface area contributed by atoms with Gasteiger partial charge in [-0.3, -0.25) is 19.4 Å². The van der Waals surface area contributed by atoms with Crippen molar-refractivity contribution in [3.8, 4) is 0 Å². The molecule has 7 nitrogen and oxygen atoms in total. The van der Waals surface area contributed by atoms with E-state index in [1.807, 2.05) is 13.8 Å². The molecule has 1 aromatic rings. The number of nitrogens with zero attached hydrogens (tertiary/aromatic N) is 2. The predicted molar refractivity (Wildman–Crippen MR) is 89.1 cm³/mol. The highest BCUT2D eigenvalue weighted by atomic mass is 16.2. The van der Waals surface area contributed by atoms with Crippen LogP contribution in [0, 0.1) is 11.8 Å². The minimum Gasteiger partial charge on any atom is -0.354 e.